The van der Waals surface area contributed by atoms with E-state index in [4.69, 9.17) is 11.6 Å². The van der Waals surface area contributed by atoms with Crippen molar-refractivity contribution in [1.29, 1.82) is 0 Å². The number of fused-ring (bicyclic) bond motifs is 1. The van der Waals surface area contributed by atoms with Crippen molar-refractivity contribution in [3.05, 3.63) is 64.2 Å². The first kappa shape index (κ1) is 23.5. The fourth-order valence-electron chi connectivity index (χ4n) is 3.86. The van der Waals surface area contributed by atoms with Crippen LogP contribution in [0.15, 0.2) is 42.5 Å². The first-order valence-electron chi connectivity index (χ1n) is 10.4. The Labute approximate surface area is 201 Å². The van der Waals surface area contributed by atoms with E-state index in [9.17, 15) is 4.79 Å². The summed E-state index contributed by atoms with van der Waals surface area (Å²) in [6, 6.07) is 15.0. The molecule has 3 atom stereocenters. The molecule has 1 heterocycles. The first-order chi connectivity index (χ1) is 14.3. The molecule has 2 aromatic rings. The van der Waals surface area contributed by atoms with Gasteiger partial charge >= 0.3 is 159 Å². The Kier molecular flexibility index (Phi) is 8.18. The van der Waals surface area contributed by atoms with Crippen LogP contribution in [-0.2, 0) is 11.2 Å². The van der Waals surface area contributed by atoms with Crippen molar-refractivity contribution >= 4 is 49.3 Å². The van der Waals surface area contributed by atoms with Crippen LogP contribution in [-0.4, -0.2) is 63.6 Å². The van der Waals surface area contributed by atoms with E-state index in [2.05, 4.69) is 70.7 Å². The number of rotatable bonds is 8. The summed E-state index contributed by atoms with van der Waals surface area (Å²) in [6.07, 6.45) is 1.29. The molecule has 1 aliphatic heterocycles. The zero-order chi connectivity index (χ0) is 21.8. The van der Waals surface area contributed by atoms with Gasteiger partial charge in [-0.05, 0) is 5.56 Å². The molecule has 5 nitrogen and oxygen atoms in total. The van der Waals surface area contributed by atoms with Gasteiger partial charge in [0, 0.05) is 0 Å². The van der Waals surface area contributed by atoms with E-state index in [1.807, 2.05) is 18.2 Å². The van der Waals surface area contributed by atoms with Gasteiger partial charge in [-0.15, -0.1) is 0 Å². The average molecular weight is 618 g/mol. The van der Waals surface area contributed by atoms with E-state index in [-0.39, 0.29) is 17.9 Å². The maximum atomic E-state index is 12.5. The average Bonchev–Trinajstić information content (AvgIpc) is 2.98. The van der Waals surface area contributed by atoms with Crippen LogP contribution in [0.4, 0.5) is 5.69 Å². The van der Waals surface area contributed by atoms with Crippen molar-refractivity contribution in [2.45, 2.75) is 44.7 Å². The van der Waals surface area contributed by atoms with Crippen molar-refractivity contribution in [3.8, 4) is 0 Å². The Morgan fingerprint density at radius 2 is 2.00 bits per heavy atom. The first-order valence-corrected chi connectivity index (χ1v) is 12.8. The van der Waals surface area contributed by atoms with Crippen molar-refractivity contribution in [1.82, 2.24) is 15.6 Å². The van der Waals surface area contributed by atoms with Gasteiger partial charge < -0.3 is 0 Å². The van der Waals surface area contributed by atoms with E-state index in [0.717, 1.165) is 17.0 Å². The zero-order valence-electron chi connectivity index (χ0n) is 18.2. The molecule has 0 saturated carbocycles. The van der Waals surface area contributed by atoms with Crippen LogP contribution in [0.5, 0.6) is 0 Å². The van der Waals surface area contributed by atoms with Crippen molar-refractivity contribution in [2.75, 3.05) is 23.5 Å². The van der Waals surface area contributed by atoms with Crippen LogP contribution in [0, 0.1) is 0 Å². The number of likely N-dealkylation sites (N-methyl/N-ethyl adjacent to an activating group) is 1. The summed E-state index contributed by atoms with van der Waals surface area (Å²) >= 11 is 7.31. The Balaban J connectivity index is 1.62. The number of hydrazine groups is 1. The second-order valence-electron chi connectivity index (χ2n) is 8.36. The second kappa shape index (κ2) is 10.4. The summed E-state index contributed by atoms with van der Waals surface area (Å²) in [5.74, 6) is 0.286. The van der Waals surface area contributed by atoms with E-state index in [1.165, 1.54) is 16.8 Å². The molecule has 3 rings (SSSR count). The fraction of sp³-hybridized carbons (Fsp3) is 0.435. The molecule has 0 radical (unpaired) electrons. The summed E-state index contributed by atoms with van der Waals surface area (Å²) in [5.41, 5.74) is 8.29. The van der Waals surface area contributed by atoms with Crippen LogP contribution in [0.25, 0.3) is 0 Å². The summed E-state index contributed by atoms with van der Waals surface area (Å²) in [6.45, 7) is 4.87. The molecular formula is C23H30ClN4OTl. The molecule has 0 saturated heterocycles. The molecule has 0 aromatic heterocycles. The van der Waals surface area contributed by atoms with Crippen LogP contribution < -0.4 is 13.6 Å². The van der Waals surface area contributed by atoms with Crippen molar-refractivity contribution in [2.24, 2.45) is 0 Å². The molecule has 1 aliphatic rings. The standard InChI is InChI=1S/C23H30ClN4O.Tl/c1-15(17-8-6-5-7-9-17)10-23(29)25-14-19(28(3)4)11-18-12-20-16(2)26-27-22(20)13-21(18)24;/h5-9,12-13,15-16,19,26H,10-11,14H2,1-4H3,(H,25,29);/q-1;+1/t15-,16?,19-;/m0./s1. The molecule has 1 amide bonds. The number of hydrogen-bond donors (Lipinski definition) is 2. The third-order valence-corrected chi connectivity index (χ3v) is 7.85. The van der Waals surface area contributed by atoms with Gasteiger partial charge in [0.05, 0.1) is 0 Å². The molecule has 0 fully saturated rings. The number of nitrogens with one attached hydrogen (secondary N) is 2. The Hall–Kier alpha value is -1.16. The van der Waals surface area contributed by atoms with Gasteiger partial charge in [-0.25, -0.2) is 0 Å². The molecule has 0 bridgehead atoms. The SMILES string of the molecule is CC1N[N]([Tl])c2cc(Cl)c(C[C@@H](CNC(=O)C[C@H](C)c3ccccc3)N(C)C)cc21. The molecule has 2 aromatic carbocycles. The van der Waals surface area contributed by atoms with Gasteiger partial charge in [-0.2, -0.15) is 0 Å². The molecule has 0 spiro atoms. The van der Waals surface area contributed by atoms with Crippen LogP contribution in [0.1, 0.15) is 48.9 Å². The zero-order valence-corrected chi connectivity index (χ0v) is 23.4. The number of anilines is 1. The van der Waals surface area contributed by atoms with Gasteiger partial charge in [0.1, 0.15) is 0 Å². The maximum absolute atomic E-state index is 12.5. The molecule has 1 unspecified atom stereocenters. The predicted octanol–water partition coefficient (Wildman–Crippen LogP) is 3.59. The minimum absolute atomic E-state index is 0.0867. The molecule has 158 valence electrons. The topological polar surface area (TPSA) is 47.6 Å². The monoisotopic (exact) mass is 618 g/mol. The summed E-state index contributed by atoms with van der Waals surface area (Å²) in [5, 5.41) is 3.93. The van der Waals surface area contributed by atoms with E-state index in [0.29, 0.717) is 45.1 Å². The molecular weight excluding hydrogens is 588 g/mol. The molecule has 7 heteroatoms. The summed E-state index contributed by atoms with van der Waals surface area (Å²) in [4.78, 5) is 14.7. The minimum atomic E-state index is 0.0867. The number of carbonyl (C=O) groups is 1. The van der Waals surface area contributed by atoms with E-state index in [1.54, 1.807) is 0 Å². The Bertz CT molecular complexity index is 877. The quantitative estimate of drug-likeness (QED) is 0.445. The number of nitrogens with zero attached hydrogens (tertiary/aromatic N) is 2. The third kappa shape index (κ3) is 5.75. The predicted molar refractivity (Wildman–Crippen MR) is 125 cm³/mol. The number of amides is 1. The Morgan fingerprint density at radius 1 is 1.30 bits per heavy atom. The summed E-state index contributed by atoms with van der Waals surface area (Å²) in [7, 11) is 4.10. The summed E-state index contributed by atoms with van der Waals surface area (Å²) < 4.78 is 2.19. The van der Waals surface area contributed by atoms with Gasteiger partial charge in [-0.1, -0.05) is 37.3 Å². The van der Waals surface area contributed by atoms with Crippen molar-refractivity contribution < 1.29 is 4.79 Å². The number of halogens is 1. The van der Waals surface area contributed by atoms with Crippen LogP contribution in [0.3, 0.4) is 0 Å². The van der Waals surface area contributed by atoms with Gasteiger partial charge in [0.2, 0.25) is 0 Å². The van der Waals surface area contributed by atoms with E-state index < -0.39 is 0 Å². The molecule has 2 N–H and O–H groups in total. The second-order valence-corrected chi connectivity index (χ2v) is 10.8. The van der Waals surface area contributed by atoms with E-state index >= 15 is 0 Å². The molecule has 0 aliphatic carbocycles. The third-order valence-electron chi connectivity index (χ3n) is 5.84. The van der Waals surface area contributed by atoms with Crippen molar-refractivity contribution in [3.63, 3.8) is 0 Å². The van der Waals surface area contributed by atoms with Gasteiger partial charge in [-0.3, -0.25) is 0 Å². The van der Waals surface area contributed by atoms with Crippen LogP contribution >= 0.6 is 11.6 Å². The number of benzene rings is 2. The number of hydrogen-bond acceptors (Lipinski definition) is 4. The van der Waals surface area contributed by atoms with Gasteiger partial charge in [0.25, 0.3) is 0 Å². The molecule has 30 heavy (non-hydrogen) atoms. The number of carbonyl (C=O) groups excluding carboxylic acids is 1. The fourth-order valence-corrected chi connectivity index (χ4v) is 5.83. The van der Waals surface area contributed by atoms with Gasteiger partial charge in [0.15, 0.2) is 0 Å². The normalized spacial score (nSPS) is 17.6. The van der Waals surface area contributed by atoms with Crippen LogP contribution in [0.2, 0.25) is 5.02 Å². The Morgan fingerprint density at radius 3 is 2.67 bits per heavy atom.